The maximum absolute atomic E-state index is 12.4. The van der Waals surface area contributed by atoms with Crippen molar-refractivity contribution in [3.63, 3.8) is 0 Å². The van der Waals surface area contributed by atoms with E-state index < -0.39 is 11.8 Å². The quantitative estimate of drug-likeness (QED) is 0.247. The number of methoxy groups -OCH3 is 1. The Morgan fingerprint density at radius 1 is 1.02 bits per heavy atom. The molecule has 12 heteroatoms. The summed E-state index contributed by atoms with van der Waals surface area (Å²) in [5, 5.41) is 8.33. The van der Waals surface area contributed by atoms with E-state index in [0.717, 1.165) is 31.2 Å². The van der Waals surface area contributed by atoms with Crippen molar-refractivity contribution in [1.29, 1.82) is 5.41 Å². The molecule has 0 amide bonds. The van der Waals surface area contributed by atoms with E-state index >= 15 is 0 Å². The highest BCUT2D eigenvalue weighted by molar-refractivity contribution is 5.69. The normalized spacial score (nSPS) is 14.4. The molecule has 0 bridgehead atoms. The number of aromatic amines is 1. The highest BCUT2D eigenvalue weighted by Crippen LogP contribution is 2.33. The maximum atomic E-state index is 12.4. The second-order valence-corrected chi connectivity index (χ2v) is 10.7. The third-order valence-corrected chi connectivity index (χ3v) is 6.99. The highest BCUT2D eigenvalue weighted by atomic mass is 19.4. The Hall–Kier alpha value is -4.22. The van der Waals surface area contributed by atoms with Gasteiger partial charge in [0.1, 0.15) is 29.4 Å². The van der Waals surface area contributed by atoms with E-state index in [1.807, 2.05) is 36.6 Å². The van der Waals surface area contributed by atoms with Gasteiger partial charge in [-0.1, -0.05) is 6.07 Å². The molecule has 0 saturated heterocycles. The van der Waals surface area contributed by atoms with E-state index in [2.05, 4.69) is 14.7 Å². The maximum Gasteiger partial charge on any atom is 0.573 e. The molecule has 0 unspecified atom stereocenters. The Balaban J connectivity index is 1.34. The summed E-state index contributed by atoms with van der Waals surface area (Å²) in [4.78, 5) is 12.3. The largest absolute Gasteiger partial charge is 0.573 e. The van der Waals surface area contributed by atoms with E-state index in [0.29, 0.717) is 40.8 Å². The van der Waals surface area contributed by atoms with Crippen LogP contribution in [0.25, 0.3) is 11.2 Å². The van der Waals surface area contributed by atoms with Crippen molar-refractivity contribution in [2.24, 2.45) is 0 Å². The molecule has 1 aliphatic carbocycles. The van der Waals surface area contributed by atoms with E-state index in [9.17, 15) is 13.2 Å². The minimum Gasteiger partial charge on any atom is -0.493 e. The molecule has 1 fully saturated rings. The Morgan fingerprint density at radius 3 is 2.41 bits per heavy atom. The van der Waals surface area contributed by atoms with E-state index in [-0.39, 0.29) is 23.9 Å². The molecule has 4 aromatic rings. The van der Waals surface area contributed by atoms with Crippen LogP contribution in [0.15, 0.2) is 48.8 Å². The van der Waals surface area contributed by atoms with Crippen molar-refractivity contribution in [3.8, 4) is 23.0 Å². The van der Waals surface area contributed by atoms with Crippen LogP contribution in [-0.2, 0) is 12.0 Å². The lowest BCUT2D eigenvalue weighted by atomic mass is 9.94. The molecule has 2 aromatic carbocycles. The van der Waals surface area contributed by atoms with Crippen molar-refractivity contribution >= 4 is 11.2 Å². The molecule has 2 N–H and O–H groups in total. The molecule has 1 aliphatic rings. The Labute approximate surface area is 234 Å². The molecule has 5 rings (SSSR count). The lowest BCUT2D eigenvalue weighted by Crippen LogP contribution is -2.27. The van der Waals surface area contributed by atoms with Crippen LogP contribution in [0.4, 0.5) is 13.2 Å². The van der Waals surface area contributed by atoms with Crippen molar-refractivity contribution in [2.45, 2.75) is 64.0 Å². The Morgan fingerprint density at radius 2 is 1.73 bits per heavy atom. The number of fused-ring (bicyclic) bond motifs is 1. The van der Waals surface area contributed by atoms with Gasteiger partial charge < -0.3 is 28.5 Å². The van der Waals surface area contributed by atoms with Gasteiger partial charge in [-0.3, -0.25) is 5.41 Å². The number of imidazole rings is 1. The van der Waals surface area contributed by atoms with Crippen LogP contribution < -0.4 is 24.4 Å². The molecule has 41 heavy (non-hydrogen) atoms. The second kappa shape index (κ2) is 11.3. The van der Waals surface area contributed by atoms with Gasteiger partial charge in [0.15, 0.2) is 22.6 Å². The fraction of sp³-hybridized carbons (Fsp3) is 0.414. The van der Waals surface area contributed by atoms with Gasteiger partial charge in [-0.05, 0) is 81.5 Å². The summed E-state index contributed by atoms with van der Waals surface area (Å²) in [7, 11) is 1.62. The Bertz CT molecular complexity index is 1560. The third kappa shape index (κ3) is 6.75. The standard InChI is InChI=1S/C29H32F3N5O4/c1-28(2,16-39-19-9-11-21(12-10-19)41-29(30,31)32)27-35-24-25(33)34-17-37(26(24)36-27)15-18-8-13-22(38-3)23(14-18)40-20-6-4-5-7-20/h8-14,17,20,33H,4-7,15-16H2,1-3H3,(H,35,36). The molecule has 0 aliphatic heterocycles. The van der Waals surface area contributed by atoms with E-state index in [1.165, 1.54) is 24.3 Å². The number of nitrogens with one attached hydrogen (secondary N) is 2. The van der Waals surface area contributed by atoms with Crippen LogP contribution in [0.1, 0.15) is 50.9 Å². The lowest BCUT2D eigenvalue weighted by Gasteiger charge is -2.22. The summed E-state index contributed by atoms with van der Waals surface area (Å²) in [6.45, 7) is 4.46. The third-order valence-electron chi connectivity index (χ3n) is 6.99. The number of rotatable bonds is 10. The zero-order valence-electron chi connectivity index (χ0n) is 23.0. The number of hydrogen-bond acceptors (Lipinski definition) is 7. The summed E-state index contributed by atoms with van der Waals surface area (Å²) in [6, 6.07) is 11.0. The first kappa shape index (κ1) is 28.3. The molecule has 218 valence electrons. The molecule has 0 radical (unpaired) electrons. The lowest BCUT2D eigenvalue weighted by molar-refractivity contribution is -0.274. The number of nitrogens with zero attached hydrogens (tertiary/aromatic N) is 3. The molecule has 0 spiro atoms. The first-order valence-electron chi connectivity index (χ1n) is 13.3. The minimum atomic E-state index is -4.76. The van der Waals surface area contributed by atoms with E-state index in [1.54, 1.807) is 13.4 Å². The average molecular weight is 572 g/mol. The summed E-state index contributed by atoms with van der Waals surface area (Å²) >= 11 is 0. The number of alkyl halides is 3. The first-order valence-corrected chi connectivity index (χ1v) is 13.3. The SMILES string of the molecule is COc1ccc(Cn2cnc(=N)c3[nH]c(C(C)(C)COc4ccc(OC(F)(F)F)cc4)nc32)cc1OC1CCCC1. The zero-order chi connectivity index (χ0) is 29.2. The van der Waals surface area contributed by atoms with Gasteiger partial charge in [0.25, 0.3) is 0 Å². The smallest absolute Gasteiger partial charge is 0.493 e. The number of hydrogen-bond donors (Lipinski definition) is 2. The summed E-state index contributed by atoms with van der Waals surface area (Å²) in [5.41, 5.74) is 1.45. The molecule has 2 heterocycles. The van der Waals surface area contributed by atoms with Crippen molar-refractivity contribution in [3.05, 3.63) is 65.7 Å². The molecule has 0 atom stereocenters. The van der Waals surface area contributed by atoms with Crippen molar-refractivity contribution in [2.75, 3.05) is 13.7 Å². The number of aromatic nitrogens is 4. The summed E-state index contributed by atoms with van der Waals surface area (Å²) in [5.74, 6) is 2.03. The van der Waals surface area contributed by atoms with Gasteiger partial charge in [-0.25, -0.2) is 9.97 Å². The van der Waals surface area contributed by atoms with Gasteiger partial charge in [0, 0.05) is 0 Å². The summed E-state index contributed by atoms with van der Waals surface area (Å²) in [6.07, 6.45) is 1.41. The van der Waals surface area contributed by atoms with Crippen LogP contribution in [0.3, 0.4) is 0 Å². The number of ether oxygens (including phenoxy) is 4. The van der Waals surface area contributed by atoms with Crippen molar-refractivity contribution in [1.82, 2.24) is 19.5 Å². The molecule has 9 nitrogen and oxygen atoms in total. The number of halogens is 3. The molecule has 1 saturated carbocycles. The molecular formula is C29H32F3N5O4. The average Bonchev–Trinajstić information content (AvgIpc) is 3.61. The number of benzene rings is 2. The molecule has 2 aromatic heterocycles. The fourth-order valence-electron chi connectivity index (χ4n) is 4.78. The van der Waals surface area contributed by atoms with Crippen LogP contribution >= 0.6 is 0 Å². The van der Waals surface area contributed by atoms with Crippen LogP contribution in [0, 0.1) is 5.41 Å². The highest BCUT2D eigenvalue weighted by Gasteiger charge is 2.31. The van der Waals surface area contributed by atoms with Crippen LogP contribution in [-0.4, -0.2) is 45.7 Å². The summed E-state index contributed by atoms with van der Waals surface area (Å²) < 4.78 is 60.7. The Kier molecular flexibility index (Phi) is 7.83. The van der Waals surface area contributed by atoms with Crippen LogP contribution in [0.5, 0.6) is 23.0 Å². The second-order valence-electron chi connectivity index (χ2n) is 10.7. The molecular weight excluding hydrogens is 539 g/mol. The van der Waals surface area contributed by atoms with Gasteiger partial charge in [-0.15, -0.1) is 13.2 Å². The van der Waals surface area contributed by atoms with Gasteiger partial charge in [0.2, 0.25) is 0 Å². The topological polar surface area (TPSA) is 107 Å². The minimum absolute atomic E-state index is 0.0620. The van der Waals surface area contributed by atoms with E-state index in [4.69, 9.17) is 24.6 Å². The monoisotopic (exact) mass is 571 g/mol. The number of H-pyrrole nitrogens is 1. The van der Waals surface area contributed by atoms with Crippen LogP contribution in [0.2, 0.25) is 0 Å². The van der Waals surface area contributed by atoms with Gasteiger partial charge in [0.05, 0.1) is 31.5 Å². The van der Waals surface area contributed by atoms with Gasteiger partial charge >= 0.3 is 6.36 Å². The first-order chi connectivity index (χ1) is 19.5. The van der Waals surface area contributed by atoms with Gasteiger partial charge in [-0.2, -0.15) is 0 Å². The van der Waals surface area contributed by atoms with Crippen molar-refractivity contribution < 1.29 is 32.1 Å². The zero-order valence-corrected chi connectivity index (χ0v) is 23.0. The predicted octanol–water partition coefficient (Wildman–Crippen LogP) is 5.87. The fourth-order valence-corrected chi connectivity index (χ4v) is 4.78. The predicted molar refractivity (Wildman–Crippen MR) is 144 cm³/mol.